The zero-order valence-electron chi connectivity index (χ0n) is 12.3. The summed E-state index contributed by atoms with van der Waals surface area (Å²) >= 11 is 5.91. The van der Waals surface area contributed by atoms with Crippen molar-refractivity contribution in [1.29, 1.82) is 0 Å². The topological polar surface area (TPSA) is 70.6 Å². The van der Waals surface area contributed by atoms with Crippen molar-refractivity contribution in [2.45, 2.75) is 13.5 Å². The largest absolute Gasteiger partial charge is 0.345 e. The lowest BCUT2D eigenvalue weighted by atomic mass is 10.2. The highest BCUT2D eigenvalue weighted by Crippen LogP contribution is 2.20. The number of imidazole rings is 1. The molecule has 0 amide bonds. The van der Waals surface area contributed by atoms with Crippen LogP contribution < -0.4 is 4.90 Å². The summed E-state index contributed by atoms with van der Waals surface area (Å²) in [5.74, 6) is 1.40. The summed E-state index contributed by atoms with van der Waals surface area (Å²) in [6.45, 7) is 2.55. The highest BCUT2D eigenvalue weighted by molar-refractivity contribution is 6.30. The summed E-state index contributed by atoms with van der Waals surface area (Å²) in [7, 11) is 1.90. The van der Waals surface area contributed by atoms with E-state index in [-0.39, 0.29) is 0 Å². The Hall–Kier alpha value is -2.47. The summed E-state index contributed by atoms with van der Waals surface area (Å²) in [6, 6.07) is 7.47. The van der Waals surface area contributed by atoms with E-state index < -0.39 is 0 Å². The third-order valence-electron chi connectivity index (χ3n) is 3.17. The maximum absolute atomic E-state index is 5.91. The number of anilines is 1. The fourth-order valence-electron chi connectivity index (χ4n) is 2.06. The van der Waals surface area contributed by atoms with Gasteiger partial charge >= 0.3 is 0 Å². The van der Waals surface area contributed by atoms with Gasteiger partial charge in [0.2, 0.25) is 5.95 Å². The standard InChI is InChI=1S/C15H15ClN6/c1-10-7-17-14(19-10)9-22(2)15-20-13(8-18-21-15)11-3-5-12(16)6-4-11/h3-8H,9H2,1-2H3,(H,17,19). The smallest absolute Gasteiger partial charge is 0.246 e. The number of H-pyrrole nitrogens is 1. The molecule has 0 spiro atoms. The Morgan fingerprint density at radius 3 is 2.64 bits per heavy atom. The molecule has 112 valence electrons. The Kier molecular flexibility index (Phi) is 4.02. The average Bonchev–Trinajstić information content (AvgIpc) is 2.93. The second-order valence-corrected chi connectivity index (χ2v) is 5.45. The van der Waals surface area contributed by atoms with Crippen molar-refractivity contribution >= 4 is 17.5 Å². The van der Waals surface area contributed by atoms with E-state index in [1.165, 1.54) is 0 Å². The van der Waals surface area contributed by atoms with Gasteiger partial charge in [0.15, 0.2) is 0 Å². The van der Waals surface area contributed by atoms with Crippen molar-refractivity contribution in [3.05, 3.63) is 53.2 Å². The number of halogens is 1. The minimum absolute atomic E-state index is 0.543. The fraction of sp³-hybridized carbons (Fsp3) is 0.200. The highest BCUT2D eigenvalue weighted by Gasteiger charge is 2.10. The van der Waals surface area contributed by atoms with Crippen molar-refractivity contribution < 1.29 is 0 Å². The first kappa shape index (κ1) is 14.5. The predicted octanol–water partition coefficient (Wildman–Crippen LogP) is 2.86. The monoisotopic (exact) mass is 314 g/mol. The Labute approximate surface area is 133 Å². The molecule has 6 nitrogen and oxygen atoms in total. The van der Waals surface area contributed by atoms with Crippen LogP contribution in [-0.4, -0.2) is 32.2 Å². The molecule has 1 aromatic carbocycles. The summed E-state index contributed by atoms with van der Waals surface area (Å²) in [5, 5.41) is 8.81. The fourth-order valence-corrected chi connectivity index (χ4v) is 2.18. The number of nitrogens with one attached hydrogen (secondary N) is 1. The third-order valence-corrected chi connectivity index (χ3v) is 3.42. The quantitative estimate of drug-likeness (QED) is 0.802. The molecule has 3 aromatic rings. The van der Waals surface area contributed by atoms with Gasteiger partial charge in [-0.3, -0.25) is 0 Å². The van der Waals surface area contributed by atoms with Crippen LogP contribution in [-0.2, 0) is 6.54 Å². The minimum Gasteiger partial charge on any atom is -0.345 e. The molecule has 0 fully saturated rings. The zero-order chi connectivity index (χ0) is 15.5. The van der Waals surface area contributed by atoms with E-state index in [0.29, 0.717) is 17.5 Å². The Morgan fingerprint density at radius 2 is 1.95 bits per heavy atom. The van der Waals surface area contributed by atoms with Gasteiger partial charge in [0.05, 0.1) is 18.4 Å². The zero-order valence-corrected chi connectivity index (χ0v) is 13.0. The van der Waals surface area contributed by atoms with Crippen LogP contribution in [0.25, 0.3) is 11.3 Å². The molecule has 0 unspecified atom stereocenters. The maximum Gasteiger partial charge on any atom is 0.246 e. The van der Waals surface area contributed by atoms with E-state index in [0.717, 1.165) is 22.8 Å². The second kappa shape index (κ2) is 6.11. The van der Waals surface area contributed by atoms with Gasteiger partial charge in [0, 0.05) is 29.5 Å². The summed E-state index contributed by atoms with van der Waals surface area (Å²) in [5.41, 5.74) is 2.73. The van der Waals surface area contributed by atoms with Crippen LogP contribution in [0.15, 0.2) is 36.7 Å². The van der Waals surface area contributed by atoms with Gasteiger partial charge in [-0.2, -0.15) is 5.10 Å². The van der Waals surface area contributed by atoms with Gasteiger partial charge in [-0.25, -0.2) is 9.97 Å². The Morgan fingerprint density at radius 1 is 1.18 bits per heavy atom. The first-order valence-corrected chi connectivity index (χ1v) is 7.17. The van der Waals surface area contributed by atoms with E-state index >= 15 is 0 Å². The summed E-state index contributed by atoms with van der Waals surface area (Å²) in [6.07, 6.45) is 3.43. The van der Waals surface area contributed by atoms with Crippen molar-refractivity contribution in [3.63, 3.8) is 0 Å². The van der Waals surface area contributed by atoms with Crippen LogP contribution >= 0.6 is 11.6 Å². The number of rotatable bonds is 4. The first-order valence-electron chi connectivity index (χ1n) is 6.79. The van der Waals surface area contributed by atoms with E-state index in [9.17, 15) is 0 Å². The van der Waals surface area contributed by atoms with Gasteiger partial charge in [0.1, 0.15) is 5.82 Å². The van der Waals surface area contributed by atoms with E-state index in [1.54, 1.807) is 12.4 Å². The number of aromatic nitrogens is 5. The average molecular weight is 315 g/mol. The number of benzene rings is 1. The van der Waals surface area contributed by atoms with E-state index in [2.05, 4.69) is 25.1 Å². The molecule has 22 heavy (non-hydrogen) atoms. The number of hydrogen-bond acceptors (Lipinski definition) is 5. The number of hydrogen-bond donors (Lipinski definition) is 1. The van der Waals surface area contributed by atoms with Crippen LogP contribution in [0.2, 0.25) is 5.02 Å². The molecule has 0 radical (unpaired) electrons. The normalized spacial score (nSPS) is 10.7. The number of aromatic amines is 1. The molecule has 2 aromatic heterocycles. The maximum atomic E-state index is 5.91. The van der Waals surface area contributed by atoms with Crippen molar-refractivity contribution in [2.24, 2.45) is 0 Å². The lowest BCUT2D eigenvalue weighted by Gasteiger charge is -2.15. The molecule has 7 heteroatoms. The van der Waals surface area contributed by atoms with Gasteiger partial charge < -0.3 is 9.88 Å². The molecule has 1 N–H and O–H groups in total. The Balaban J connectivity index is 1.82. The molecule has 0 aliphatic heterocycles. The SMILES string of the molecule is Cc1cnc(CN(C)c2nncc(-c3ccc(Cl)cc3)n2)[nH]1. The lowest BCUT2D eigenvalue weighted by molar-refractivity contribution is 0.798. The van der Waals surface area contributed by atoms with Gasteiger partial charge in [-0.1, -0.05) is 23.7 Å². The molecule has 0 aliphatic rings. The second-order valence-electron chi connectivity index (χ2n) is 5.02. The minimum atomic E-state index is 0.543. The lowest BCUT2D eigenvalue weighted by Crippen LogP contribution is -2.20. The van der Waals surface area contributed by atoms with Gasteiger partial charge in [-0.15, -0.1) is 5.10 Å². The molecule has 2 heterocycles. The van der Waals surface area contributed by atoms with Crippen LogP contribution in [0.3, 0.4) is 0 Å². The van der Waals surface area contributed by atoms with Gasteiger partial charge in [-0.05, 0) is 19.1 Å². The van der Waals surface area contributed by atoms with E-state index in [4.69, 9.17) is 11.6 Å². The number of aryl methyl sites for hydroxylation is 1. The van der Waals surface area contributed by atoms with Crippen LogP contribution in [0, 0.1) is 6.92 Å². The van der Waals surface area contributed by atoms with Crippen molar-refractivity contribution in [3.8, 4) is 11.3 Å². The molecule has 0 atom stereocenters. The van der Waals surface area contributed by atoms with Crippen LogP contribution in [0.4, 0.5) is 5.95 Å². The summed E-state index contributed by atoms with van der Waals surface area (Å²) in [4.78, 5) is 13.9. The first-order chi connectivity index (χ1) is 10.6. The Bertz CT molecular complexity index is 768. The molecule has 0 saturated heterocycles. The molecule has 0 saturated carbocycles. The highest BCUT2D eigenvalue weighted by atomic mass is 35.5. The molecular formula is C15H15ClN6. The van der Waals surface area contributed by atoms with E-state index in [1.807, 2.05) is 43.1 Å². The van der Waals surface area contributed by atoms with Gasteiger partial charge in [0.25, 0.3) is 0 Å². The van der Waals surface area contributed by atoms with Crippen molar-refractivity contribution in [2.75, 3.05) is 11.9 Å². The molecule has 0 aliphatic carbocycles. The molecular weight excluding hydrogens is 300 g/mol. The molecule has 3 rings (SSSR count). The molecule has 0 bridgehead atoms. The summed E-state index contributed by atoms with van der Waals surface area (Å²) < 4.78 is 0. The van der Waals surface area contributed by atoms with Crippen LogP contribution in [0.5, 0.6) is 0 Å². The van der Waals surface area contributed by atoms with Crippen molar-refractivity contribution in [1.82, 2.24) is 25.1 Å². The predicted molar refractivity (Wildman–Crippen MR) is 85.7 cm³/mol. The van der Waals surface area contributed by atoms with Crippen LogP contribution in [0.1, 0.15) is 11.5 Å². The number of nitrogens with zero attached hydrogens (tertiary/aromatic N) is 5. The third kappa shape index (κ3) is 3.23.